The van der Waals surface area contributed by atoms with E-state index in [-0.39, 0.29) is 17.0 Å². The quantitative estimate of drug-likeness (QED) is 0.375. The highest BCUT2D eigenvalue weighted by Gasteiger charge is 2.36. The van der Waals surface area contributed by atoms with Crippen LogP contribution in [0.15, 0.2) is 36.4 Å². The SMILES string of the molecule is CCC(C)c1ccc(C)c(C(CC(C)(C)C2CCC2)Nc2ccc(C(=O)O)cc2N)c1. The van der Waals surface area contributed by atoms with Crippen molar-refractivity contribution in [2.75, 3.05) is 11.1 Å². The lowest BCUT2D eigenvalue weighted by molar-refractivity contribution is 0.0697. The van der Waals surface area contributed by atoms with Crippen LogP contribution in [0, 0.1) is 18.3 Å². The van der Waals surface area contributed by atoms with E-state index in [1.807, 2.05) is 0 Å². The topological polar surface area (TPSA) is 75.3 Å². The van der Waals surface area contributed by atoms with Gasteiger partial charge < -0.3 is 16.2 Å². The molecule has 4 N–H and O–H groups in total. The lowest BCUT2D eigenvalue weighted by Crippen LogP contribution is -2.33. The van der Waals surface area contributed by atoms with Crippen molar-refractivity contribution in [1.29, 1.82) is 0 Å². The first-order valence-corrected chi connectivity index (χ1v) is 11.6. The standard InChI is InChI=1S/C27H38N2O2/c1-6-17(2)19-11-10-18(3)22(14-19)25(16-27(4,5)21-8-7-9-21)29-24-13-12-20(26(30)31)15-23(24)28/h10-15,17,21,25,29H,6-9,16,28H2,1-5H3,(H,30,31). The Kier molecular flexibility index (Phi) is 6.98. The molecule has 1 fully saturated rings. The summed E-state index contributed by atoms with van der Waals surface area (Å²) in [7, 11) is 0. The smallest absolute Gasteiger partial charge is 0.335 e. The number of hydrogen-bond acceptors (Lipinski definition) is 3. The van der Waals surface area contributed by atoms with Gasteiger partial charge in [-0.2, -0.15) is 0 Å². The largest absolute Gasteiger partial charge is 0.478 e. The number of nitrogen functional groups attached to an aromatic ring is 1. The highest BCUT2D eigenvalue weighted by Crippen LogP contribution is 2.47. The van der Waals surface area contributed by atoms with Crippen molar-refractivity contribution in [3.8, 4) is 0 Å². The molecule has 2 aromatic carbocycles. The molecule has 0 heterocycles. The van der Waals surface area contributed by atoms with E-state index in [1.54, 1.807) is 18.2 Å². The van der Waals surface area contributed by atoms with Crippen LogP contribution in [0.25, 0.3) is 0 Å². The first-order chi connectivity index (χ1) is 14.6. The number of carboxylic acid groups (broad SMARTS) is 1. The summed E-state index contributed by atoms with van der Waals surface area (Å²) in [6, 6.07) is 11.9. The second kappa shape index (κ2) is 9.33. The fraction of sp³-hybridized carbons (Fsp3) is 0.519. The summed E-state index contributed by atoms with van der Waals surface area (Å²) < 4.78 is 0. The molecule has 0 amide bonds. The summed E-state index contributed by atoms with van der Waals surface area (Å²) in [4.78, 5) is 11.3. The Balaban J connectivity index is 1.98. The van der Waals surface area contributed by atoms with Gasteiger partial charge in [0, 0.05) is 0 Å². The molecule has 0 bridgehead atoms. The summed E-state index contributed by atoms with van der Waals surface area (Å²) in [5.41, 5.74) is 11.9. The third-order valence-electron chi connectivity index (χ3n) is 7.43. The van der Waals surface area contributed by atoms with Gasteiger partial charge in [0.15, 0.2) is 0 Å². The summed E-state index contributed by atoms with van der Waals surface area (Å²) in [5, 5.41) is 13.0. The molecule has 4 heteroatoms. The van der Waals surface area contributed by atoms with Gasteiger partial charge in [-0.05, 0) is 84.7 Å². The van der Waals surface area contributed by atoms with Crippen molar-refractivity contribution in [3.05, 3.63) is 58.7 Å². The van der Waals surface area contributed by atoms with Crippen LogP contribution in [0.5, 0.6) is 0 Å². The summed E-state index contributed by atoms with van der Waals surface area (Å²) in [6.45, 7) is 11.5. The van der Waals surface area contributed by atoms with E-state index < -0.39 is 5.97 Å². The zero-order chi connectivity index (χ0) is 22.8. The van der Waals surface area contributed by atoms with Gasteiger partial charge in [0.05, 0.1) is 23.0 Å². The molecule has 1 saturated carbocycles. The van der Waals surface area contributed by atoms with Crippen LogP contribution in [-0.2, 0) is 0 Å². The molecule has 0 aliphatic heterocycles. The Morgan fingerprint density at radius 1 is 1.23 bits per heavy atom. The molecule has 1 aliphatic carbocycles. The van der Waals surface area contributed by atoms with Crippen LogP contribution < -0.4 is 11.1 Å². The minimum absolute atomic E-state index is 0.109. The number of rotatable bonds is 9. The van der Waals surface area contributed by atoms with Crippen molar-refractivity contribution < 1.29 is 9.90 Å². The van der Waals surface area contributed by atoms with Gasteiger partial charge in [-0.25, -0.2) is 4.79 Å². The number of nitrogens with one attached hydrogen (secondary N) is 1. The number of nitrogens with two attached hydrogens (primary N) is 1. The molecule has 2 aromatic rings. The summed E-state index contributed by atoms with van der Waals surface area (Å²) in [6.07, 6.45) is 6.06. The number of aromatic carboxylic acids is 1. The highest BCUT2D eigenvalue weighted by atomic mass is 16.4. The van der Waals surface area contributed by atoms with Crippen LogP contribution in [-0.4, -0.2) is 11.1 Å². The Hall–Kier alpha value is -2.49. The fourth-order valence-corrected chi connectivity index (χ4v) is 4.71. The average Bonchev–Trinajstić information content (AvgIpc) is 2.66. The van der Waals surface area contributed by atoms with E-state index in [4.69, 9.17) is 5.73 Å². The number of benzene rings is 2. The van der Waals surface area contributed by atoms with Crippen molar-refractivity contribution in [2.45, 2.75) is 78.7 Å². The number of anilines is 2. The van der Waals surface area contributed by atoms with Crippen LogP contribution in [0.4, 0.5) is 11.4 Å². The summed E-state index contributed by atoms with van der Waals surface area (Å²) in [5.74, 6) is 0.305. The molecular formula is C27H38N2O2. The fourth-order valence-electron chi connectivity index (χ4n) is 4.71. The molecule has 0 spiro atoms. The van der Waals surface area contributed by atoms with E-state index in [2.05, 4.69) is 58.1 Å². The van der Waals surface area contributed by atoms with E-state index in [9.17, 15) is 9.90 Å². The van der Waals surface area contributed by atoms with Crippen molar-refractivity contribution in [1.82, 2.24) is 0 Å². The lowest BCUT2D eigenvalue weighted by Gasteiger charge is -2.43. The molecule has 3 rings (SSSR count). The minimum Gasteiger partial charge on any atom is -0.478 e. The molecule has 0 saturated heterocycles. The Labute approximate surface area is 187 Å². The zero-order valence-electron chi connectivity index (χ0n) is 19.7. The Bertz CT molecular complexity index is 931. The zero-order valence-corrected chi connectivity index (χ0v) is 19.7. The number of carbonyl (C=O) groups is 1. The maximum atomic E-state index is 11.3. The van der Waals surface area contributed by atoms with Gasteiger partial charge >= 0.3 is 5.97 Å². The Morgan fingerprint density at radius 2 is 1.94 bits per heavy atom. The van der Waals surface area contributed by atoms with Crippen LogP contribution in [0.1, 0.15) is 98.8 Å². The van der Waals surface area contributed by atoms with E-state index in [1.165, 1.54) is 36.0 Å². The number of hydrogen-bond donors (Lipinski definition) is 3. The Morgan fingerprint density at radius 3 is 2.48 bits per heavy atom. The van der Waals surface area contributed by atoms with Crippen LogP contribution in [0.3, 0.4) is 0 Å². The average molecular weight is 423 g/mol. The first-order valence-electron chi connectivity index (χ1n) is 11.6. The molecule has 0 aromatic heterocycles. The molecule has 2 unspecified atom stereocenters. The van der Waals surface area contributed by atoms with Gasteiger partial charge in [0.25, 0.3) is 0 Å². The predicted molar refractivity (Wildman–Crippen MR) is 130 cm³/mol. The van der Waals surface area contributed by atoms with Crippen molar-refractivity contribution in [2.24, 2.45) is 11.3 Å². The molecule has 4 nitrogen and oxygen atoms in total. The molecule has 1 aliphatic rings. The summed E-state index contributed by atoms with van der Waals surface area (Å²) >= 11 is 0. The molecule has 31 heavy (non-hydrogen) atoms. The number of carboxylic acids is 1. The van der Waals surface area contributed by atoms with Gasteiger partial charge in [-0.1, -0.05) is 52.3 Å². The molecule has 2 atom stereocenters. The predicted octanol–water partition coefficient (Wildman–Crippen LogP) is 7.16. The number of aryl methyl sites for hydroxylation is 1. The maximum absolute atomic E-state index is 11.3. The third-order valence-corrected chi connectivity index (χ3v) is 7.43. The first kappa shape index (κ1) is 23.2. The molecule has 0 radical (unpaired) electrons. The van der Waals surface area contributed by atoms with Gasteiger partial charge in [-0.15, -0.1) is 0 Å². The lowest BCUT2D eigenvalue weighted by atomic mass is 9.64. The normalized spacial score (nSPS) is 16.4. The van der Waals surface area contributed by atoms with E-state index >= 15 is 0 Å². The monoisotopic (exact) mass is 422 g/mol. The van der Waals surface area contributed by atoms with Crippen LogP contribution >= 0.6 is 0 Å². The van der Waals surface area contributed by atoms with Gasteiger partial charge in [-0.3, -0.25) is 0 Å². The second-order valence-corrected chi connectivity index (χ2v) is 10.0. The third kappa shape index (κ3) is 5.23. The molecule has 168 valence electrons. The highest BCUT2D eigenvalue weighted by molar-refractivity contribution is 5.90. The maximum Gasteiger partial charge on any atom is 0.335 e. The van der Waals surface area contributed by atoms with Crippen molar-refractivity contribution >= 4 is 17.3 Å². The minimum atomic E-state index is -0.960. The van der Waals surface area contributed by atoms with Crippen molar-refractivity contribution in [3.63, 3.8) is 0 Å². The van der Waals surface area contributed by atoms with E-state index in [0.717, 1.165) is 24.4 Å². The van der Waals surface area contributed by atoms with Gasteiger partial charge in [0.1, 0.15) is 0 Å². The van der Waals surface area contributed by atoms with E-state index in [0.29, 0.717) is 11.6 Å². The second-order valence-electron chi connectivity index (χ2n) is 10.0. The molecular weight excluding hydrogens is 384 g/mol. The van der Waals surface area contributed by atoms with Crippen LogP contribution in [0.2, 0.25) is 0 Å². The van der Waals surface area contributed by atoms with Gasteiger partial charge in [0.2, 0.25) is 0 Å².